The maximum Gasteiger partial charge on any atom is 0.0239 e. The molecule has 0 saturated carbocycles. The lowest BCUT2D eigenvalue weighted by Crippen LogP contribution is -2.26. The summed E-state index contributed by atoms with van der Waals surface area (Å²) in [5.41, 5.74) is 2.76. The molecule has 0 heterocycles. The zero-order valence-corrected chi connectivity index (χ0v) is 31.8. The van der Waals surface area contributed by atoms with Crippen molar-refractivity contribution in [2.45, 2.75) is 226 Å². The Labute approximate surface area is 291 Å². The Balaban J connectivity index is 2.09. The molecule has 0 aliphatic rings. The van der Waals surface area contributed by atoms with Crippen LogP contribution in [0.4, 0.5) is 0 Å². The summed E-state index contributed by atoms with van der Waals surface area (Å²) in [6.07, 6.45) is 48.2. The average Bonchev–Trinajstić information content (AvgIpc) is 3.07. The van der Waals surface area contributed by atoms with Crippen molar-refractivity contribution in [1.29, 1.82) is 0 Å². The highest BCUT2D eigenvalue weighted by atomic mass is 15.1. The van der Waals surface area contributed by atoms with Gasteiger partial charge in [0.25, 0.3) is 0 Å². The van der Waals surface area contributed by atoms with Crippen LogP contribution in [0.25, 0.3) is 6.08 Å². The van der Waals surface area contributed by atoms with Crippen LogP contribution in [0.3, 0.4) is 0 Å². The molecule has 1 aromatic carbocycles. The van der Waals surface area contributed by atoms with Crippen LogP contribution in [0.2, 0.25) is 0 Å². The van der Waals surface area contributed by atoms with Crippen molar-refractivity contribution in [2.75, 3.05) is 13.1 Å². The van der Waals surface area contributed by atoms with E-state index >= 15 is 0 Å². The standard InChI is InChI=1S/C45H83N/c1-4-7-9-11-13-15-17-19-21-23-25-27-29-31-33-37-41-46(43-45-40-36-35-39-44(45)6-3)42-38-34-32-30-28-26-24-22-20-18-16-14-12-10-8-5-2/h6,35-36,39-40H,3-5,7-34,37-38,41-43H2,1-2H3. The lowest BCUT2D eigenvalue weighted by atomic mass is 10.0. The summed E-state index contributed by atoms with van der Waals surface area (Å²) in [6.45, 7) is 12.3. The molecule has 0 radical (unpaired) electrons. The van der Waals surface area contributed by atoms with Gasteiger partial charge in [-0.1, -0.05) is 243 Å². The van der Waals surface area contributed by atoms with Crippen molar-refractivity contribution in [1.82, 2.24) is 4.90 Å². The smallest absolute Gasteiger partial charge is 0.0239 e. The lowest BCUT2D eigenvalue weighted by Gasteiger charge is -2.23. The van der Waals surface area contributed by atoms with E-state index in [1.807, 2.05) is 6.08 Å². The third-order valence-electron chi connectivity index (χ3n) is 10.3. The fourth-order valence-corrected chi connectivity index (χ4v) is 7.16. The minimum absolute atomic E-state index is 1.08. The van der Waals surface area contributed by atoms with Crippen LogP contribution >= 0.6 is 0 Å². The molecule has 1 heteroatoms. The van der Waals surface area contributed by atoms with Gasteiger partial charge in [-0.05, 0) is 37.1 Å². The van der Waals surface area contributed by atoms with E-state index in [9.17, 15) is 0 Å². The fraction of sp³-hybridized carbons (Fsp3) is 0.822. The first-order valence-corrected chi connectivity index (χ1v) is 21.2. The Morgan fingerprint density at radius 1 is 0.413 bits per heavy atom. The van der Waals surface area contributed by atoms with E-state index in [1.54, 1.807) is 0 Å². The molecule has 0 amide bonds. The van der Waals surface area contributed by atoms with Gasteiger partial charge >= 0.3 is 0 Å². The summed E-state index contributed by atoms with van der Waals surface area (Å²) in [4.78, 5) is 2.75. The van der Waals surface area contributed by atoms with E-state index in [2.05, 4.69) is 49.6 Å². The van der Waals surface area contributed by atoms with E-state index in [-0.39, 0.29) is 0 Å². The zero-order chi connectivity index (χ0) is 33.0. The van der Waals surface area contributed by atoms with Gasteiger partial charge in [-0.3, -0.25) is 4.90 Å². The monoisotopic (exact) mass is 638 g/mol. The second-order valence-electron chi connectivity index (χ2n) is 14.8. The SMILES string of the molecule is C=Cc1ccccc1CN(CCCCCCCCCCCCCCCCCC)CCCCCCCCCCCCCCCCCC. The third-order valence-corrected chi connectivity index (χ3v) is 10.3. The van der Waals surface area contributed by atoms with Crippen LogP contribution in [-0.2, 0) is 6.54 Å². The van der Waals surface area contributed by atoms with Crippen LogP contribution in [0, 0.1) is 0 Å². The molecule has 1 aromatic rings. The van der Waals surface area contributed by atoms with Gasteiger partial charge in [0.2, 0.25) is 0 Å². The number of unbranched alkanes of at least 4 members (excludes halogenated alkanes) is 30. The first-order valence-electron chi connectivity index (χ1n) is 21.2. The largest absolute Gasteiger partial charge is 0.299 e. The summed E-state index contributed by atoms with van der Waals surface area (Å²) in [7, 11) is 0. The van der Waals surface area contributed by atoms with Gasteiger partial charge < -0.3 is 0 Å². The molecule has 1 nitrogen and oxygen atoms in total. The summed E-state index contributed by atoms with van der Waals surface area (Å²) in [5.74, 6) is 0. The van der Waals surface area contributed by atoms with E-state index in [1.165, 1.54) is 230 Å². The Bertz CT molecular complexity index is 702. The van der Waals surface area contributed by atoms with Gasteiger partial charge in [0.1, 0.15) is 0 Å². The molecule has 0 fully saturated rings. The molecule has 0 unspecified atom stereocenters. The molecule has 46 heavy (non-hydrogen) atoms. The molecule has 0 saturated heterocycles. The quantitative estimate of drug-likeness (QED) is 0.0656. The van der Waals surface area contributed by atoms with Crippen molar-refractivity contribution in [3.8, 4) is 0 Å². The van der Waals surface area contributed by atoms with Crippen molar-refractivity contribution in [3.05, 3.63) is 42.0 Å². The molecule has 0 aromatic heterocycles. The van der Waals surface area contributed by atoms with Crippen LogP contribution in [0.1, 0.15) is 230 Å². The number of rotatable bonds is 37. The van der Waals surface area contributed by atoms with Crippen LogP contribution in [0.15, 0.2) is 30.8 Å². The van der Waals surface area contributed by atoms with Crippen molar-refractivity contribution in [2.24, 2.45) is 0 Å². The van der Waals surface area contributed by atoms with E-state index < -0.39 is 0 Å². The Morgan fingerprint density at radius 2 is 0.696 bits per heavy atom. The Morgan fingerprint density at radius 3 is 1.00 bits per heavy atom. The predicted octanol–water partition coefficient (Wildman–Crippen LogP) is 15.7. The summed E-state index contributed by atoms with van der Waals surface area (Å²) < 4.78 is 0. The van der Waals surface area contributed by atoms with E-state index in [0.29, 0.717) is 0 Å². The summed E-state index contributed by atoms with van der Waals surface area (Å²) >= 11 is 0. The van der Waals surface area contributed by atoms with Crippen LogP contribution < -0.4 is 0 Å². The molecule has 0 bridgehead atoms. The maximum absolute atomic E-state index is 4.08. The Hall–Kier alpha value is -1.08. The molecule has 1 rings (SSSR count). The van der Waals surface area contributed by atoms with E-state index in [0.717, 1.165) is 6.54 Å². The molecular weight excluding hydrogens is 555 g/mol. The molecule has 0 spiro atoms. The topological polar surface area (TPSA) is 3.24 Å². The highest BCUT2D eigenvalue weighted by molar-refractivity contribution is 5.51. The Kier molecular flexibility index (Phi) is 32.9. The zero-order valence-electron chi connectivity index (χ0n) is 31.8. The molecular formula is C45H83N. The van der Waals surface area contributed by atoms with Gasteiger partial charge in [0.05, 0.1) is 0 Å². The lowest BCUT2D eigenvalue weighted by molar-refractivity contribution is 0.252. The van der Waals surface area contributed by atoms with Crippen molar-refractivity contribution < 1.29 is 0 Å². The maximum atomic E-state index is 4.08. The van der Waals surface area contributed by atoms with Gasteiger partial charge in [0.15, 0.2) is 0 Å². The minimum Gasteiger partial charge on any atom is -0.299 e. The molecule has 0 atom stereocenters. The number of nitrogens with zero attached hydrogens (tertiary/aromatic N) is 1. The van der Waals surface area contributed by atoms with Crippen LogP contribution in [0.5, 0.6) is 0 Å². The van der Waals surface area contributed by atoms with Gasteiger partial charge in [-0.15, -0.1) is 0 Å². The second-order valence-corrected chi connectivity index (χ2v) is 14.8. The second kappa shape index (κ2) is 35.2. The van der Waals surface area contributed by atoms with Crippen molar-refractivity contribution in [3.63, 3.8) is 0 Å². The van der Waals surface area contributed by atoms with Crippen molar-refractivity contribution >= 4 is 6.08 Å². The summed E-state index contributed by atoms with van der Waals surface area (Å²) in [6, 6.07) is 8.88. The highest BCUT2D eigenvalue weighted by Crippen LogP contribution is 2.18. The molecule has 0 aliphatic carbocycles. The van der Waals surface area contributed by atoms with Crippen LogP contribution in [-0.4, -0.2) is 18.0 Å². The third kappa shape index (κ3) is 28.0. The molecule has 0 N–H and O–H groups in total. The summed E-state index contributed by atoms with van der Waals surface area (Å²) in [5, 5.41) is 0. The molecule has 0 aliphatic heterocycles. The normalized spacial score (nSPS) is 11.5. The minimum atomic E-state index is 1.08. The highest BCUT2D eigenvalue weighted by Gasteiger charge is 2.08. The van der Waals surface area contributed by atoms with E-state index in [4.69, 9.17) is 0 Å². The molecule has 268 valence electrons. The van der Waals surface area contributed by atoms with Gasteiger partial charge in [-0.2, -0.15) is 0 Å². The van der Waals surface area contributed by atoms with Gasteiger partial charge in [0, 0.05) is 6.54 Å². The van der Waals surface area contributed by atoms with Gasteiger partial charge in [-0.25, -0.2) is 0 Å². The average molecular weight is 638 g/mol. The number of benzene rings is 1. The number of hydrogen-bond acceptors (Lipinski definition) is 1. The fourth-order valence-electron chi connectivity index (χ4n) is 7.16. The first-order chi connectivity index (χ1) is 22.8. The first kappa shape index (κ1) is 42.9. The number of hydrogen-bond donors (Lipinski definition) is 0. The predicted molar refractivity (Wildman–Crippen MR) is 211 cm³/mol.